The predicted octanol–water partition coefficient (Wildman–Crippen LogP) is 4.13. The Balaban J connectivity index is 1.32. The van der Waals surface area contributed by atoms with Crippen molar-refractivity contribution in [2.45, 2.75) is 129 Å². The molecule has 0 aliphatic heterocycles. The molecule has 4 saturated carbocycles. The van der Waals surface area contributed by atoms with Gasteiger partial charge in [0, 0.05) is 6.04 Å². The summed E-state index contributed by atoms with van der Waals surface area (Å²) >= 11 is 0. The van der Waals surface area contributed by atoms with E-state index in [1.165, 1.54) is 12.8 Å². The zero-order valence-corrected chi connectivity index (χ0v) is 28.1. The van der Waals surface area contributed by atoms with Gasteiger partial charge in [0.2, 0.25) is 0 Å². The van der Waals surface area contributed by atoms with Gasteiger partial charge in [0.05, 0.1) is 18.3 Å². The van der Waals surface area contributed by atoms with Crippen LogP contribution in [0.5, 0.6) is 0 Å². The van der Waals surface area contributed by atoms with Crippen LogP contribution in [-0.4, -0.2) is 73.7 Å². The summed E-state index contributed by atoms with van der Waals surface area (Å²) in [7, 11) is -4.50. The molecule has 0 aromatic rings. The zero-order valence-electron chi connectivity index (χ0n) is 27.3. The highest BCUT2D eigenvalue weighted by atomic mass is 32.3. The lowest BCUT2D eigenvalue weighted by atomic mass is 9.47. The molecule has 4 aliphatic rings. The maximum Gasteiger partial charge on any atom is 0.397 e. The number of rotatable bonds is 16. The molecule has 0 saturated heterocycles. The van der Waals surface area contributed by atoms with Crippen LogP contribution in [0, 0.1) is 52.8 Å². The van der Waals surface area contributed by atoms with Gasteiger partial charge >= 0.3 is 10.4 Å². The molecule has 0 amide bonds. The number of nitrogens with one attached hydrogen (secondary N) is 2. The van der Waals surface area contributed by atoms with Gasteiger partial charge in [-0.05, 0) is 156 Å². The number of unbranched alkanes of at least 4 members (excludes halogenated alkanes) is 1. The smallest absolute Gasteiger partial charge is 0.393 e. The van der Waals surface area contributed by atoms with E-state index in [1.807, 2.05) is 13.8 Å². The van der Waals surface area contributed by atoms with Crippen molar-refractivity contribution in [3.63, 3.8) is 0 Å². The van der Waals surface area contributed by atoms with Crippen molar-refractivity contribution in [3.05, 3.63) is 0 Å². The molecule has 10 heteroatoms. The molecule has 0 spiro atoms. The van der Waals surface area contributed by atoms with Gasteiger partial charge in [-0.2, -0.15) is 8.42 Å². The molecule has 0 radical (unpaired) electrons. The summed E-state index contributed by atoms with van der Waals surface area (Å²) in [5, 5.41) is 30.8. The predicted molar refractivity (Wildman–Crippen MR) is 171 cm³/mol. The van der Waals surface area contributed by atoms with Gasteiger partial charge in [-0.15, -0.1) is 0 Å². The lowest BCUT2D eigenvalue weighted by Crippen LogP contribution is -2.59. The monoisotopic (exact) mass is 629 g/mol. The Kier molecular flexibility index (Phi) is 12.8. The van der Waals surface area contributed by atoms with E-state index in [2.05, 4.69) is 24.5 Å². The Hall–Kier alpha value is -0.330. The first-order chi connectivity index (χ1) is 20.4. The minimum Gasteiger partial charge on any atom is -0.393 e. The lowest BCUT2D eigenvalue weighted by molar-refractivity contribution is -0.176. The third-order valence-corrected chi connectivity index (χ3v) is 13.0. The van der Waals surface area contributed by atoms with Crippen molar-refractivity contribution in [1.82, 2.24) is 10.6 Å². The van der Waals surface area contributed by atoms with Crippen LogP contribution in [0.1, 0.15) is 105 Å². The van der Waals surface area contributed by atoms with Crippen LogP contribution < -0.4 is 16.4 Å². The number of fused-ring (bicyclic) bond motifs is 5. The number of aliphatic hydroxyl groups excluding tert-OH is 2. The van der Waals surface area contributed by atoms with Crippen molar-refractivity contribution >= 4 is 10.4 Å². The number of hydrogen-bond donors (Lipinski definition) is 6. The fourth-order valence-corrected chi connectivity index (χ4v) is 11.0. The molecule has 0 bridgehead atoms. The van der Waals surface area contributed by atoms with Crippen molar-refractivity contribution in [2.24, 2.45) is 58.5 Å². The summed E-state index contributed by atoms with van der Waals surface area (Å²) in [5.74, 6) is 2.64. The highest BCUT2D eigenvalue weighted by Crippen LogP contribution is 2.65. The van der Waals surface area contributed by atoms with E-state index in [1.54, 1.807) is 0 Å². The number of nitrogens with two attached hydrogens (primary N) is 1. The van der Waals surface area contributed by atoms with E-state index in [-0.39, 0.29) is 35.4 Å². The van der Waals surface area contributed by atoms with Crippen LogP contribution in [-0.2, 0) is 14.6 Å². The SMILES string of the molecule is CC(C)C(CC[C@@H](C)C1CCC2C3C(CC(O)[C@@]21C)C1CC[C@H](NCCCNCCCCN)C[C@@H]1C[C@H]3O)OS(=O)(=O)O. The van der Waals surface area contributed by atoms with E-state index in [9.17, 15) is 23.2 Å². The molecule has 252 valence electrons. The van der Waals surface area contributed by atoms with Crippen LogP contribution in [0.2, 0.25) is 0 Å². The Labute approximate surface area is 261 Å². The molecule has 0 heterocycles. The molecule has 0 aromatic carbocycles. The van der Waals surface area contributed by atoms with Crippen LogP contribution in [0.4, 0.5) is 0 Å². The van der Waals surface area contributed by atoms with Crippen molar-refractivity contribution in [1.29, 1.82) is 0 Å². The van der Waals surface area contributed by atoms with E-state index in [4.69, 9.17) is 9.92 Å². The zero-order chi connectivity index (χ0) is 31.4. The van der Waals surface area contributed by atoms with Crippen molar-refractivity contribution < 1.29 is 27.4 Å². The second-order valence-electron chi connectivity index (χ2n) is 15.3. The summed E-state index contributed by atoms with van der Waals surface area (Å²) < 4.78 is 37.0. The average Bonchev–Trinajstić information content (AvgIpc) is 3.30. The average molecular weight is 630 g/mol. The normalized spacial score (nSPS) is 39.2. The second kappa shape index (κ2) is 15.5. The van der Waals surface area contributed by atoms with Crippen molar-refractivity contribution in [3.8, 4) is 0 Å². The van der Waals surface area contributed by atoms with Gasteiger partial charge in [-0.3, -0.25) is 4.55 Å². The fraction of sp³-hybridized carbons (Fsp3) is 1.00. The van der Waals surface area contributed by atoms with E-state index in [0.717, 1.165) is 84.0 Å². The maximum absolute atomic E-state index is 11.8. The topological polar surface area (TPSA) is 154 Å². The Morgan fingerprint density at radius 1 is 0.930 bits per heavy atom. The van der Waals surface area contributed by atoms with Crippen LogP contribution in [0.3, 0.4) is 0 Å². The first-order valence-corrected chi connectivity index (χ1v) is 18.9. The van der Waals surface area contributed by atoms with Crippen LogP contribution in [0.15, 0.2) is 0 Å². The van der Waals surface area contributed by atoms with Gasteiger partial charge in [0.25, 0.3) is 0 Å². The van der Waals surface area contributed by atoms with Gasteiger partial charge in [-0.25, -0.2) is 4.18 Å². The lowest BCUT2D eigenvalue weighted by Gasteiger charge is -2.60. The van der Waals surface area contributed by atoms with Gasteiger partial charge in [0.1, 0.15) is 0 Å². The van der Waals surface area contributed by atoms with E-state index in [0.29, 0.717) is 42.1 Å². The highest BCUT2D eigenvalue weighted by molar-refractivity contribution is 7.80. The minimum atomic E-state index is -4.50. The van der Waals surface area contributed by atoms with Gasteiger partial charge < -0.3 is 26.6 Å². The first kappa shape index (κ1) is 35.5. The summed E-state index contributed by atoms with van der Waals surface area (Å²) in [6.45, 7) is 12.2. The highest BCUT2D eigenvalue weighted by Gasteiger charge is 2.63. The second-order valence-corrected chi connectivity index (χ2v) is 16.3. The van der Waals surface area contributed by atoms with Gasteiger partial charge in [-0.1, -0.05) is 27.7 Å². The standard InChI is InChI=1S/C33H63N3O6S/c1-21(2)30(42-43(39,40)41)13-8-22(3)27-11-12-28-32-26(20-31(38)33(27,28)4)25-10-9-24(18-23(25)19-29(32)37)36-17-7-16-35-15-6-5-14-34/h21-32,35-38H,5-20,34H2,1-4H3,(H,39,40,41)/t22-,23-,24+,25?,26?,27?,28?,29-,30?,31?,32?,33-/m1/s1. The largest absolute Gasteiger partial charge is 0.397 e. The Morgan fingerprint density at radius 3 is 2.37 bits per heavy atom. The van der Waals surface area contributed by atoms with Gasteiger partial charge in [0.15, 0.2) is 0 Å². The van der Waals surface area contributed by atoms with Crippen molar-refractivity contribution in [2.75, 3.05) is 26.2 Å². The molecule has 9 nitrogen and oxygen atoms in total. The molecule has 12 atom stereocenters. The summed E-state index contributed by atoms with van der Waals surface area (Å²) in [5.41, 5.74) is 5.32. The molecule has 4 fully saturated rings. The first-order valence-electron chi connectivity index (χ1n) is 17.5. The fourth-order valence-electron chi connectivity index (χ4n) is 10.3. The Morgan fingerprint density at radius 2 is 1.67 bits per heavy atom. The quantitative estimate of drug-likeness (QED) is 0.109. The number of aliphatic hydroxyl groups is 2. The molecule has 4 aliphatic carbocycles. The molecule has 0 aromatic heterocycles. The molecular weight excluding hydrogens is 566 g/mol. The van der Waals surface area contributed by atoms with E-state index < -0.39 is 16.5 Å². The summed E-state index contributed by atoms with van der Waals surface area (Å²) in [6.07, 6.45) is 10.7. The molecular formula is C33H63N3O6S. The minimum absolute atomic E-state index is 0.0359. The maximum atomic E-state index is 11.8. The Bertz CT molecular complexity index is 968. The molecule has 43 heavy (non-hydrogen) atoms. The molecule has 7 unspecified atom stereocenters. The number of hydrogen-bond acceptors (Lipinski definition) is 8. The third-order valence-electron chi connectivity index (χ3n) is 12.5. The third kappa shape index (κ3) is 8.53. The van der Waals surface area contributed by atoms with Crippen LogP contribution >= 0.6 is 0 Å². The van der Waals surface area contributed by atoms with Crippen LogP contribution in [0.25, 0.3) is 0 Å². The molecule has 7 N–H and O–H groups in total. The van der Waals surface area contributed by atoms with E-state index >= 15 is 0 Å². The summed E-state index contributed by atoms with van der Waals surface area (Å²) in [4.78, 5) is 0. The molecule has 4 rings (SSSR count). The summed E-state index contributed by atoms with van der Waals surface area (Å²) in [6, 6.07) is 0.525.